The van der Waals surface area contributed by atoms with Crippen LogP contribution >= 0.6 is 0 Å². The molecule has 0 heterocycles. The molecule has 0 aromatic carbocycles. The number of hydrogen-bond donors (Lipinski definition) is 0. The maximum atomic E-state index is 5.49. The predicted molar refractivity (Wildman–Crippen MR) is 54.6 cm³/mol. The molecule has 0 aromatic heterocycles. The van der Waals surface area contributed by atoms with Crippen molar-refractivity contribution in [2.24, 2.45) is 17.3 Å². The van der Waals surface area contributed by atoms with Crippen molar-refractivity contribution in [1.82, 2.24) is 0 Å². The Balaban J connectivity index is 2.01. The summed E-state index contributed by atoms with van der Waals surface area (Å²) in [6.45, 7) is 8.60. The highest BCUT2D eigenvalue weighted by Crippen LogP contribution is 2.59. The zero-order chi connectivity index (χ0) is 9.47. The second-order valence-electron chi connectivity index (χ2n) is 4.96. The fourth-order valence-electron chi connectivity index (χ4n) is 2.86. The van der Waals surface area contributed by atoms with Crippen LogP contribution in [-0.2, 0) is 4.74 Å². The second kappa shape index (κ2) is 3.13. The van der Waals surface area contributed by atoms with Crippen LogP contribution in [0.3, 0.4) is 0 Å². The third-order valence-corrected chi connectivity index (χ3v) is 4.06. The summed E-state index contributed by atoms with van der Waals surface area (Å²) in [7, 11) is 0. The molecule has 0 aliphatic heterocycles. The molecular weight excluding hydrogens is 160 g/mol. The standard InChI is InChI=1S/C12H20O/c1-4-13-8-9-5-6-10-7-11(9)12(10,2)3/h5,10-11H,4,6-8H2,1-3H3. The van der Waals surface area contributed by atoms with Crippen LogP contribution in [0, 0.1) is 17.3 Å². The summed E-state index contributed by atoms with van der Waals surface area (Å²) < 4.78 is 5.49. The first-order chi connectivity index (χ1) is 6.16. The normalized spacial score (nSPS) is 35.2. The third-order valence-electron chi connectivity index (χ3n) is 4.06. The molecule has 0 spiro atoms. The first-order valence-corrected chi connectivity index (χ1v) is 5.43. The van der Waals surface area contributed by atoms with Gasteiger partial charge in [-0.2, -0.15) is 0 Å². The van der Waals surface area contributed by atoms with Crippen LogP contribution in [0.25, 0.3) is 0 Å². The SMILES string of the molecule is CCOCC1=CCC2CC1C2(C)C. The summed E-state index contributed by atoms with van der Waals surface area (Å²) in [5, 5.41) is 0. The number of rotatable bonds is 3. The lowest BCUT2D eigenvalue weighted by Gasteiger charge is -2.56. The molecule has 1 heteroatoms. The molecule has 2 atom stereocenters. The van der Waals surface area contributed by atoms with Crippen molar-refractivity contribution in [1.29, 1.82) is 0 Å². The quantitative estimate of drug-likeness (QED) is 0.607. The van der Waals surface area contributed by atoms with Crippen molar-refractivity contribution >= 4 is 0 Å². The van der Waals surface area contributed by atoms with Gasteiger partial charge in [0, 0.05) is 6.61 Å². The van der Waals surface area contributed by atoms with Crippen molar-refractivity contribution < 1.29 is 4.74 Å². The van der Waals surface area contributed by atoms with Crippen LogP contribution in [-0.4, -0.2) is 13.2 Å². The van der Waals surface area contributed by atoms with Gasteiger partial charge in [-0.15, -0.1) is 0 Å². The van der Waals surface area contributed by atoms with Crippen LogP contribution in [0.5, 0.6) is 0 Å². The van der Waals surface area contributed by atoms with Gasteiger partial charge in [0.05, 0.1) is 6.61 Å². The average molecular weight is 180 g/mol. The minimum absolute atomic E-state index is 0.557. The maximum absolute atomic E-state index is 5.49. The van der Waals surface area contributed by atoms with Gasteiger partial charge < -0.3 is 4.74 Å². The number of allylic oxidation sites excluding steroid dienone is 1. The van der Waals surface area contributed by atoms with Crippen molar-refractivity contribution in [3.05, 3.63) is 11.6 Å². The van der Waals surface area contributed by atoms with E-state index >= 15 is 0 Å². The average Bonchev–Trinajstić information content (AvgIpc) is 2.14. The van der Waals surface area contributed by atoms with E-state index in [1.54, 1.807) is 5.57 Å². The highest BCUT2D eigenvalue weighted by Gasteiger charge is 2.50. The van der Waals surface area contributed by atoms with E-state index in [0.717, 1.165) is 25.0 Å². The Morgan fingerprint density at radius 2 is 2.31 bits per heavy atom. The summed E-state index contributed by atoms with van der Waals surface area (Å²) in [4.78, 5) is 0. The molecule has 3 aliphatic rings. The lowest BCUT2D eigenvalue weighted by molar-refractivity contribution is -0.0168. The molecule has 0 saturated heterocycles. The van der Waals surface area contributed by atoms with Crippen LogP contribution < -0.4 is 0 Å². The summed E-state index contributed by atoms with van der Waals surface area (Å²) >= 11 is 0. The fourth-order valence-corrected chi connectivity index (χ4v) is 2.86. The molecule has 0 aromatic rings. The molecule has 0 N–H and O–H groups in total. The Morgan fingerprint density at radius 1 is 1.54 bits per heavy atom. The maximum Gasteiger partial charge on any atom is 0.0679 e. The number of ether oxygens (including phenoxy) is 1. The smallest absolute Gasteiger partial charge is 0.0679 e. The molecule has 13 heavy (non-hydrogen) atoms. The minimum Gasteiger partial charge on any atom is -0.377 e. The van der Waals surface area contributed by atoms with Gasteiger partial charge in [-0.1, -0.05) is 19.9 Å². The molecule has 0 radical (unpaired) electrons. The van der Waals surface area contributed by atoms with Crippen LogP contribution in [0.2, 0.25) is 0 Å². The Bertz CT molecular complexity index is 227. The lowest BCUT2D eigenvalue weighted by atomic mass is 9.49. The van der Waals surface area contributed by atoms with E-state index in [2.05, 4.69) is 26.8 Å². The van der Waals surface area contributed by atoms with Crippen LogP contribution in [0.1, 0.15) is 33.6 Å². The molecule has 1 nitrogen and oxygen atoms in total. The van der Waals surface area contributed by atoms with Gasteiger partial charge in [0.15, 0.2) is 0 Å². The van der Waals surface area contributed by atoms with Gasteiger partial charge in [0.25, 0.3) is 0 Å². The second-order valence-corrected chi connectivity index (χ2v) is 4.96. The largest absolute Gasteiger partial charge is 0.377 e. The van der Waals surface area contributed by atoms with Gasteiger partial charge >= 0.3 is 0 Å². The van der Waals surface area contributed by atoms with Crippen LogP contribution in [0.15, 0.2) is 11.6 Å². The van der Waals surface area contributed by atoms with E-state index in [4.69, 9.17) is 4.74 Å². The van der Waals surface area contributed by atoms with E-state index in [9.17, 15) is 0 Å². The molecule has 3 rings (SSSR count). The van der Waals surface area contributed by atoms with Crippen molar-refractivity contribution in [3.63, 3.8) is 0 Å². The van der Waals surface area contributed by atoms with Gasteiger partial charge in [-0.25, -0.2) is 0 Å². The Kier molecular flexibility index (Phi) is 2.23. The van der Waals surface area contributed by atoms with E-state index < -0.39 is 0 Å². The van der Waals surface area contributed by atoms with Gasteiger partial charge in [0.1, 0.15) is 0 Å². The zero-order valence-corrected chi connectivity index (χ0v) is 8.97. The minimum atomic E-state index is 0.557. The monoisotopic (exact) mass is 180 g/mol. The van der Waals surface area contributed by atoms with E-state index in [1.165, 1.54) is 12.8 Å². The van der Waals surface area contributed by atoms with E-state index in [-0.39, 0.29) is 0 Å². The molecule has 1 fully saturated rings. The Labute approximate surface area is 81.2 Å². The highest BCUT2D eigenvalue weighted by atomic mass is 16.5. The lowest BCUT2D eigenvalue weighted by Crippen LogP contribution is -2.48. The first-order valence-electron chi connectivity index (χ1n) is 5.43. The zero-order valence-electron chi connectivity index (χ0n) is 8.97. The van der Waals surface area contributed by atoms with Gasteiger partial charge in [0.2, 0.25) is 0 Å². The molecule has 1 saturated carbocycles. The van der Waals surface area contributed by atoms with E-state index in [1.807, 2.05) is 0 Å². The highest BCUT2D eigenvalue weighted by molar-refractivity contribution is 5.23. The van der Waals surface area contributed by atoms with Gasteiger partial charge in [-0.05, 0) is 42.6 Å². The van der Waals surface area contributed by atoms with Crippen molar-refractivity contribution in [2.45, 2.75) is 33.6 Å². The number of hydrogen-bond acceptors (Lipinski definition) is 1. The number of fused-ring (bicyclic) bond motifs is 1. The summed E-state index contributed by atoms with van der Waals surface area (Å²) in [5.74, 6) is 1.76. The third kappa shape index (κ3) is 1.34. The van der Waals surface area contributed by atoms with Crippen molar-refractivity contribution in [3.8, 4) is 0 Å². The molecule has 0 amide bonds. The molecule has 3 aliphatic carbocycles. The first kappa shape index (κ1) is 9.26. The van der Waals surface area contributed by atoms with E-state index in [0.29, 0.717) is 5.41 Å². The Hall–Kier alpha value is -0.300. The summed E-state index contributed by atoms with van der Waals surface area (Å²) in [6.07, 6.45) is 5.11. The molecule has 74 valence electrons. The fraction of sp³-hybridized carbons (Fsp3) is 0.833. The van der Waals surface area contributed by atoms with Crippen LogP contribution in [0.4, 0.5) is 0 Å². The summed E-state index contributed by atoms with van der Waals surface area (Å²) in [6, 6.07) is 0. The summed E-state index contributed by atoms with van der Waals surface area (Å²) in [5.41, 5.74) is 2.12. The topological polar surface area (TPSA) is 9.23 Å². The Morgan fingerprint density at radius 3 is 2.85 bits per heavy atom. The molecular formula is C12H20O. The molecule has 2 unspecified atom stereocenters. The van der Waals surface area contributed by atoms with Gasteiger partial charge in [-0.3, -0.25) is 0 Å². The molecule has 2 bridgehead atoms. The predicted octanol–water partition coefficient (Wildman–Crippen LogP) is 3.02. The van der Waals surface area contributed by atoms with Crippen molar-refractivity contribution in [2.75, 3.05) is 13.2 Å².